The summed E-state index contributed by atoms with van der Waals surface area (Å²) in [4.78, 5) is 11.7. The number of carbonyl (C=O) groups is 1. The van der Waals surface area contributed by atoms with Crippen LogP contribution in [0.25, 0.3) is 0 Å². The number of sulfonamides is 1. The topological polar surface area (TPSA) is 90.9 Å². The van der Waals surface area contributed by atoms with Crippen LogP contribution in [-0.4, -0.2) is 34.7 Å². The molecule has 0 fully saturated rings. The van der Waals surface area contributed by atoms with Gasteiger partial charge in [0.25, 0.3) is 10.0 Å². The first-order chi connectivity index (χ1) is 12.7. The summed E-state index contributed by atoms with van der Waals surface area (Å²) in [7, 11) is -1.51. The minimum atomic E-state index is -4.14. The van der Waals surface area contributed by atoms with Crippen LogP contribution < -0.4 is 14.2 Å². The number of hydrogen-bond acceptors (Lipinski definition) is 6. The van der Waals surface area contributed by atoms with Gasteiger partial charge in [-0.1, -0.05) is 0 Å². The van der Waals surface area contributed by atoms with E-state index >= 15 is 0 Å². The monoisotopic (exact) mass is 397 g/mol. The molecule has 7 nitrogen and oxygen atoms in total. The second-order valence-corrected chi connectivity index (χ2v) is 7.45. The lowest BCUT2D eigenvalue weighted by atomic mass is 10.2. The zero-order valence-corrected chi connectivity index (χ0v) is 16.1. The summed E-state index contributed by atoms with van der Waals surface area (Å²) in [6.45, 7) is 3.40. The lowest BCUT2D eigenvalue weighted by Crippen LogP contribution is -2.16. The molecule has 27 heavy (non-hydrogen) atoms. The molecule has 146 valence electrons. The quantitative estimate of drug-likeness (QED) is 0.722. The molecule has 0 atom stereocenters. The van der Waals surface area contributed by atoms with E-state index < -0.39 is 21.8 Å². The molecule has 0 aliphatic carbocycles. The summed E-state index contributed by atoms with van der Waals surface area (Å²) < 4.78 is 56.3. The zero-order valence-electron chi connectivity index (χ0n) is 15.3. The van der Waals surface area contributed by atoms with Gasteiger partial charge in [0.1, 0.15) is 5.75 Å². The first-order valence-corrected chi connectivity index (χ1v) is 9.41. The molecule has 0 unspecified atom stereocenters. The van der Waals surface area contributed by atoms with Crippen LogP contribution in [-0.2, 0) is 14.8 Å². The van der Waals surface area contributed by atoms with Crippen LogP contribution in [0.5, 0.6) is 11.5 Å². The standard InChI is InChI=1S/C18H20FNO6S/c1-11(2)26-18(21)12-5-7-17(25-4)15(9-12)20-27(22,23)13-6-8-16(24-3)14(19)10-13/h5-11,20H,1-4H3. The summed E-state index contributed by atoms with van der Waals surface area (Å²) in [6, 6.07) is 7.43. The molecule has 2 rings (SSSR count). The minimum Gasteiger partial charge on any atom is -0.495 e. The van der Waals surface area contributed by atoms with Crippen molar-refractivity contribution >= 4 is 21.7 Å². The Kier molecular flexibility index (Phi) is 6.27. The highest BCUT2D eigenvalue weighted by molar-refractivity contribution is 7.92. The molecule has 2 aromatic carbocycles. The minimum absolute atomic E-state index is 0.0203. The van der Waals surface area contributed by atoms with Crippen LogP contribution >= 0.6 is 0 Å². The number of esters is 1. The van der Waals surface area contributed by atoms with E-state index in [-0.39, 0.29) is 33.7 Å². The average Bonchev–Trinajstić information content (AvgIpc) is 2.60. The largest absolute Gasteiger partial charge is 0.495 e. The third-order valence-corrected chi connectivity index (χ3v) is 4.82. The Morgan fingerprint density at radius 2 is 1.67 bits per heavy atom. The van der Waals surface area contributed by atoms with Crippen LogP contribution in [0.2, 0.25) is 0 Å². The maximum absolute atomic E-state index is 13.9. The van der Waals surface area contributed by atoms with Crippen molar-refractivity contribution in [3.05, 3.63) is 47.8 Å². The van der Waals surface area contributed by atoms with Crippen LogP contribution in [0.1, 0.15) is 24.2 Å². The van der Waals surface area contributed by atoms with Gasteiger partial charge >= 0.3 is 5.97 Å². The van der Waals surface area contributed by atoms with Crippen molar-refractivity contribution in [2.45, 2.75) is 24.8 Å². The Hall–Kier alpha value is -2.81. The molecule has 0 spiro atoms. The zero-order chi connectivity index (χ0) is 20.2. The van der Waals surface area contributed by atoms with Gasteiger partial charge in [-0.2, -0.15) is 0 Å². The average molecular weight is 397 g/mol. The van der Waals surface area contributed by atoms with Crippen molar-refractivity contribution in [2.24, 2.45) is 0 Å². The summed E-state index contributed by atoms with van der Waals surface area (Å²) in [5, 5.41) is 0. The number of benzene rings is 2. The molecule has 0 amide bonds. The molecule has 0 saturated carbocycles. The Bertz CT molecular complexity index is 943. The number of rotatable bonds is 7. The van der Waals surface area contributed by atoms with Crippen molar-refractivity contribution in [1.82, 2.24) is 0 Å². The predicted molar refractivity (Wildman–Crippen MR) is 97.3 cm³/mol. The van der Waals surface area contributed by atoms with Gasteiger partial charge in [-0.3, -0.25) is 4.72 Å². The molecular weight excluding hydrogens is 377 g/mol. The fourth-order valence-electron chi connectivity index (χ4n) is 2.21. The molecule has 0 saturated heterocycles. The van der Waals surface area contributed by atoms with Crippen molar-refractivity contribution in [1.29, 1.82) is 0 Å². The van der Waals surface area contributed by atoms with Gasteiger partial charge in [-0.05, 0) is 50.2 Å². The van der Waals surface area contributed by atoms with E-state index in [4.69, 9.17) is 14.2 Å². The van der Waals surface area contributed by atoms with Crippen molar-refractivity contribution < 1.29 is 31.8 Å². The number of hydrogen-bond donors (Lipinski definition) is 1. The Balaban J connectivity index is 2.39. The Morgan fingerprint density at radius 1 is 1.04 bits per heavy atom. The molecule has 1 N–H and O–H groups in total. The van der Waals surface area contributed by atoms with Crippen LogP contribution in [0, 0.1) is 5.82 Å². The number of nitrogens with one attached hydrogen (secondary N) is 1. The van der Waals surface area contributed by atoms with Gasteiger partial charge in [-0.15, -0.1) is 0 Å². The SMILES string of the molecule is COc1ccc(S(=O)(=O)Nc2cc(C(=O)OC(C)C)ccc2OC)cc1F. The number of anilines is 1. The smallest absolute Gasteiger partial charge is 0.338 e. The highest BCUT2D eigenvalue weighted by atomic mass is 32.2. The van der Waals surface area contributed by atoms with Crippen LogP contribution in [0.15, 0.2) is 41.3 Å². The van der Waals surface area contributed by atoms with Crippen molar-refractivity contribution in [2.75, 3.05) is 18.9 Å². The fraction of sp³-hybridized carbons (Fsp3) is 0.278. The van der Waals surface area contributed by atoms with Crippen molar-refractivity contribution in [3.8, 4) is 11.5 Å². The number of halogens is 1. The van der Waals surface area contributed by atoms with E-state index in [9.17, 15) is 17.6 Å². The Morgan fingerprint density at radius 3 is 2.22 bits per heavy atom. The van der Waals surface area contributed by atoms with Gasteiger partial charge in [0.05, 0.1) is 36.5 Å². The van der Waals surface area contributed by atoms with Gasteiger partial charge < -0.3 is 14.2 Å². The van der Waals surface area contributed by atoms with E-state index in [1.165, 1.54) is 44.6 Å². The fourth-order valence-corrected chi connectivity index (χ4v) is 3.29. The predicted octanol–water partition coefficient (Wildman–Crippen LogP) is 3.21. The summed E-state index contributed by atoms with van der Waals surface area (Å²) in [5.41, 5.74) is 0.162. The highest BCUT2D eigenvalue weighted by Gasteiger charge is 2.20. The molecule has 9 heteroatoms. The third-order valence-electron chi connectivity index (χ3n) is 3.46. The molecule has 0 aliphatic rings. The van der Waals surface area contributed by atoms with Crippen LogP contribution in [0.4, 0.5) is 10.1 Å². The van der Waals surface area contributed by atoms with Gasteiger partial charge in [0.2, 0.25) is 0 Å². The second kappa shape index (κ2) is 8.26. The molecule has 0 aromatic heterocycles. The summed E-state index contributed by atoms with van der Waals surface area (Å²) >= 11 is 0. The second-order valence-electron chi connectivity index (χ2n) is 5.77. The van der Waals surface area contributed by atoms with E-state index in [0.717, 1.165) is 6.07 Å². The number of methoxy groups -OCH3 is 2. The first kappa shape index (κ1) is 20.5. The molecule has 2 aromatic rings. The summed E-state index contributed by atoms with van der Waals surface area (Å²) in [5.74, 6) is -1.32. The lowest BCUT2D eigenvalue weighted by molar-refractivity contribution is 0.0378. The number of carbonyl (C=O) groups excluding carboxylic acids is 1. The molecule has 0 aliphatic heterocycles. The van der Waals surface area contributed by atoms with Crippen LogP contribution in [0.3, 0.4) is 0 Å². The highest BCUT2D eigenvalue weighted by Crippen LogP contribution is 2.29. The molecule has 0 heterocycles. The lowest BCUT2D eigenvalue weighted by Gasteiger charge is -2.14. The molecule has 0 radical (unpaired) electrons. The van der Waals surface area contributed by atoms with E-state index in [1.807, 2.05) is 0 Å². The normalized spacial score (nSPS) is 11.2. The number of ether oxygens (including phenoxy) is 3. The third kappa shape index (κ3) is 4.88. The molecule has 0 bridgehead atoms. The maximum Gasteiger partial charge on any atom is 0.338 e. The van der Waals surface area contributed by atoms with E-state index in [2.05, 4.69) is 4.72 Å². The van der Waals surface area contributed by atoms with Crippen molar-refractivity contribution in [3.63, 3.8) is 0 Å². The summed E-state index contributed by atoms with van der Waals surface area (Å²) in [6.07, 6.45) is -0.331. The van der Waals surface area contributed by atoms with Gasteiger partial charge in [0, 0.05) is 0 Å². The molecular formula is C18H20FNO6S. The van der Waals surface area contributed by atoms with Gasteiger partial charge in [0.15, 0.2) is 11.6 Å². The van der Waals surface area contributed by atoms with Gasteiger partial charge in [-0.25, -0.2) is 17.6 Å². The maximum atomic E-state index is 13.9. The Labute approximate surface area is 157 Å². The van der Waals surface area contributed by atoms with E-state index in [0.29, 0.717) is 0 Å². The van der Waals surface area contributed by atoms with E-state index in [1.54, 1.807) is 13.8 Å². The first-order valence-electron chi connectivity index (χ1n) is 7.93.